The topological polar surface area (TPSA) is 105 Å². The van der Waals surface area contributed by atoms with Crippen molar-refractivity contribution in [1.29, 1.82) is 0 Å². The maximum atomic E-state index is 12.1. The Morgan fingerprint density at radius 3 is 2.52 bits per heavy atom. The monoisotopic (exact) mass is 377 g/mol. The molecule has 23 heavy (non-hydrogen) atoms. The van der Waals surface area contributed by atoms with Crippen molar-refractivity contribution < 1.29 is 14.7 Å². The van der Waals surface area contributed by atoms with Crippen LogP contribution in [-0.2, 0) is 16.0 Å². The van der Waals surface area contributed by atoms with Gasteiger partial charge in [0, 0.05) is 12.6 Å². The molecule has 120 valence electrons. The van der Waals surface area contributed by atoms with Gasteiger partial charge >= 0.3 is 0 Å². The van der Waals surface area contributed by atoms with E-state index in [1.807, 2.05) is 0 Å². The molecular weight excluding hydrogens is 362 g/mol. The molecule has 2 amide bonds. The molecule has 0 spiro atoms. The molecule has 4 N–H and O–H groups in total. The first kappa shape index (κ1) is 17.1. The third-order valence-electron chi connectivity index (χ3n) is 3.28. The van der Waals surface area contributed by atoms with Crippen LogP contribution in [-0.4, -0.2) is 27.9 Å². The van der Waals surface area contributed by atoms with Crippen molar-refractivity contribution in [3.63, 3.8) is 0 Å². The number of primary amides is 1. The van der Waals surface area contributed by atoms with Crippen molar-refractivity contribution in [2.75, 3.05) is 0 Å². The number of halogens is 1. The Hall–Kier alpha value is -2.25. The highest BCUT2D eigenvalue weighted by molar-refractivity contribution is 9.10. The SMILES string of the molecule is NC(=O)[C@H](Cc1cccnc1Br)NC(=O)[C@@H](O)c1ccccc1. The van der Waals surface area contributed by atoms with Gasteiger partial charge in [-0.25, -0.2) is 4.98 Å². The van der Waals surface area contributed by atoms with Gasteiger partial charge in [-0.3, -0.25) is 9.59 Å². The second-order valence-electron chi connectivity index (χ2n) is 4.93. The smallest absolute Gasteiger partial charge is 0.254 e. The Morgan fingerprint density at radius 1 is 1.22 bits per heavy atom. The minimum atomic E-state index is -1.37. The number of carbonyl (C=O) groups excluding carboxylic acids is 2. The summed E-state index contributed by atoms with van der Waals surface area (Å²) < 4.78 is 0.573. The number of benzene rings is 1. The number of nitrogens with zero attached hydrogens (tertiary/aromatic N) is 1. The van der Waals surface area contributed by atoms with E-state index in [0.717, 1.165) is 5.56 Å². The molecule has 0 saturated carbocycles. The summed E-state index contributed by atoms with van der Waals surface area (Å²) in [5.41, 5.74) is 6.52. The Balaban J connectivity index is 2.09. The van der Waals surface area contributed by atoms with E-state index in [0.29, 0.717) is 10.2 Å². The van der Waals surface area contributed by atoms with Gasteiger partial charge in [0.15, 0.2) is 6.10 Å². The van der Waals surface area contributed by atoms with Crippen LogP contribution in [0.15, 0.2) is 53.3 Å². The molecule has 7 heteroatoms. The Bertz CT molecular complexity index is 694. The molecule has 0 aliphatic rings. The predicted molar refractivity (Wildman–Crippen MR) is 88.2 cm³/mol. The van der Waals surface area contributed by atoms with Crippen LogP contribution in [0.2, 0.25) is 0 Å². The number of aromatic nitrogens is 1. The number of amides is 2. The van der Waals surface area contributed by atoms with Gasteiger partial charge < -0.3 is 16.2 Å². The van der Waals surface area contributed by atoms with Crippen LogP contribution in [0.1, 0.15) is 17.2 Å². The molecule has 0 unspecified atom stereocenters. The highest BCUT2D eigenvalue weighted by Crippen LogP contribution is 2.16. The summed E-state index contributed by atoms with van der Waals surface area (Å²) in [5, 5.41) is 12.5. The number of pyridine rings is 1. The number of aliphatic hydroxyl groups is 1. The lowest BCUT2D eigenvalue weighted by Gasteiger charge is -2.18. The number of nitrogens with two attached hydrogens (primary N) is 1. The van der Waals surface area contributed by atoms with Gasteiger partial charge in [-0.15, -0.1) is 0 Å². The molecule has 1 heterocycles. The molecule has 6 nitrogen and oxygen atoms in total. The van der Waals surface area contributed by atoms with E-state index >= 15 is 0 Å². The van der Waals surface area contributed by atoms with Crippen LogP contribution < -0.4 is 11.1 Å². The van der Waals surface area contributed by atoms with E-state index in [1.165, 1.54) is 0 Å². The van der Waals surface area contributed by atoms with Gasteiger partial charge in [-0.05, 0) is 33.1 Å². The van der Waals surface area contributed by atoms with Crippen molar-refractivity contribution in [1.82, 2.24) is 10.3 Å². The van der Waals surface area contributed by atoms with Crippen LogP contribution in [0.3, 0.4) is 0 Å². The summed E-state index contributed by atoms with van der Waals surface area (Å²) in [6.45, 7) is 0. The Labute approximate surface area is 141 Å². The molecule has 1 aromatic heterocycles. The van der Waals surface area contributed by atoms with Crippen molar-refractivity contribution in [2.45, 2.75) is 18.6 Å². The first-order valence-electron chi connectivity index (χ1n) is 6.91. The lowest BCUT2D eigenvalue weighted by Crippen LogP contribution is -2.47. The van der Waals surface area contributed by atoms with Gasteiger partial charge in [0.1, 0.15) is 10.6 Å². The van der Waals surface area contributed by atoms with E-state index in [-0.39, 0.29) is 6.42 Å². The maximum absolute atomic E-state index is 12.1. The fourth-order valence-corrected chi connectivity index (χ4v) is 2.46. The number of hydrogen-bond donors (Lipinski definition) is 3. The second kappa shape index (κ2) is 7.85. The van der Waals surface area contributed by atoms with Crippen molar-refractivity contribution in [2.24, 2.45) is 5.73 Å². The minimum Gasteiger partial charge on any atom is -0.378 e. The average molecular weight is 378 g/mol. The number of nitrogens with one attached hydrogen (secondary N) is 1. The second-order valence-corrected chi connectivity index (χ2v) is 5.69. The van der Waals surface area contributed by atoms with Crippen molar-refractivity contribution in [3.05, 3.63) is 64.4 Å². The summed E-state index contributed by atoms with van der Waals surface area (Å²) in [6.07, 6.45) is 0.414. The summed E-state index contributed by atoms with van der Waals surface area (Å²) in [4.78, 5) is 27.8. The lowest BCUT2D eigenvalue weighted by atomic mass is 10.1. The first-order chi connectivity index (χ1) is 11.0. The van der Waals surface area contributed by atoms with Gasteiger partial charge in [0.2, 0.25) is 5.91 Å². The fraction of sp³-hybridized carbons (Fsp3) is 0.188. The lowest BCUT2D eigenvalue weighted by molar-refractivity contribution is -0.133. The molecule has 0 saturated heterocycles. The molecule has 0 fully saturated rings. The van der Waals surface area contributed by atoms with Crippen LogP contribution in [0.5, 0.6) is 0 Å². The summed E-state index contributed by atoms with van der Waals surface area (Å²) in [7, 11) is 0. The zero-order valence-corrected chi connectivity index (χ0v) is 13.7. The molecule has 1 aromatic carbocycles. The highest BCUT2D eigenvalue weighted by Gasteiger charge is 2.24. The maximum Gasteiger partial charge on any atom is 0.254 e. The number of aliphatic hydroxyl groups excluding tert-OH is 1. The predicted octanol–water partition coefficient (Wildman–Crippen LogP) is 1.09. The number of hydrogen-bond acceptors (Lipinski definition) is 4. The van der Waals surface area contributed by atoms with Crippen LogP contribution in [0.4, 0.5) is 0 Å². The largest absolute Gasteiger partial charge is 0.378 e. The third kappa shape index (κ3) is 4.61. The molecular formula is C16H16BrN3O3. The normalized spacial score (nSPS) is 13.1. The standard InChI is InChI=1S/C16H16BrN3O3/c17-14-11(7-4-8-19-14)9-12(15(18)22)20-16(23)13(21)10-5-2-1-3-6-10/h1-8,12-13,21H,9H2,(H2,18,22)(H,20,23)/t12-,13-/m0/s1. The van der Waals surface area contributed by atoms with Gasteiger partial charge in [0.25, 0.3) is 5.91 Å². The summed E-state index contributed by atoms with van der Waals surface area (Å²) >= 11 is 3.28. The van der Waals surface area contributed by atoms with E-state index < -0.39 is 24.0 Å². The molecule has 0 radical (unpaired) electrons. The summed E-state index contributed by atoms with van der Waals surface area (Å²) in [5.74, 6) is -1.37. The Morgan fingerprint density at radius 2 is 1.91 bits per heavy atom. The quantitative estimate of drug-likeness (QED) is 0.655. The number of carbonyl (C=O) groups is 2. The molecule has 2 rings (SSSR count). The van der Waals surface area contributed by atoms with Crippen LogP contribution in [0, 0.1) is 0 Å². The molecule has 2 atom stereocenters. The van der Waals surface area contributed by atoms with Gasteiger partial charge in [0.05, 0.1) is 0 Å². The molecule has 2 aromatic rings. The summed E-state index contributed by atoms with van der Waals surface area (Å²) in [6, 6.07) is 11.0. The van der Waals surface area contributed by atoms with Gasteiger partial charge in [-0.2, -0.15) is 0 Å². The first-order valence-corrected chi connectivity index (χ1v) is 7.70. The highest BCUT2D eigenvalue weighted by atomic mass is 79.9. The van der Waals surface area contributed by atoms with E-state index in [4.69, 9.17) is 5.73 Å². The van der Waals surface area contributed by atoms with E-state index in [2.05, 4.69) is 26.2 Å². The van der Waals surface area contributed by atoms with E-state index in [9.17, 15) is 14.7 Å². The van der Waals surface area contributed by atoms with Crippen LogP contribution >= 0.6 is 15.9 Å². The van der Waals surface area contributed by atoms with Crippen molar-refractivity contribution in [3.8, 4) is 0 Å². The fourth-order valence-electron chi connectivity index (χ4n) is 2.05. The van der Waals surface area contributed by atoms with Gasteiger partial charge in [-0.1, -0.05) is 36.4 Å². The molecule has 0 bridgehead atoms. The zero-order valence-electron chi connectivity index (χ0n) is 12.1. The van der Waals surface area contributed by atoms with Crippen molar-refractivity contribution >= 4 is 27.7 Å². The van der Waals surface area contributed by atoms with E-state index in [1.54, 1.807) is 48.7 Å². The average Bonchev–Trinajstić information content (AvgIpc) is 2.56. The number of rotatable bonds is 6. The Kier molecular flexibility index (Phi) is 5.84. The minimum absolute atomic E-state index is 0.178. The molecule has 0 aliphatic heterocycles. The molecule has 0 aliphatic carbocycles. The van der Waals surface area contributed by atoms with Crippen LogP contribution in [0.25, 0.3) is 0 Å². The zero-order chi connectivity index (χ0) is 16.8. The third-order valence-corrected chi connectivity index (χ3v) is 4.00.